The number of aromatic nitrogens is 2. The molecule has 0 bridgehead atoms. The van der Waals surface area contributed by atoms with Crippen molar-refractivity contribution in [1.82, 2.24) is 9.38 Å². The highest BCUT2D eigenvalue weighted by Gasteiger charge is 2.21. The van der Waals surface area contributed by atoms with Crippen LogP contribution < -0.4 is 5.32 Å². The minimum Gasteiger partial charge on any atom is -0.368 e. The quantitative estimate of drug-likeness (QED) is 0.856. The molecular formula is C14H19N3. The van der Waals surface area contributed by atoms with Crippen molar-refractivity contribution in [2.45, 2.75) is 38.6 Å². The number of imidazole rings is 1. The average molecular weight is 229 g/mol. The lowest BCUT2D eigenvalue weighted by molar-refractivity contribution is 0.349. The molecular weight excluding hydrogens is 210 g/mol. The van der Waals surface area contributed by atoms with E-state index in [1.165, 1.54) is 31.5 Å². The fraction of sp³-hybridized carbons (Fsp3) is 0.500. The maximum atomic E-state index is 4.31. The zero-order chi connectivity index (χ0) is 11.7. The van der Waals surface area contributed by atoms with Crippen LogP contribution in [-0.2, 0) is 0 Å². The number of nitrogens with zero attached hydrogens (tertiary/aromatic N) is 2. The summed E-state index contributed by atoms with van der Waals surface area (Å²) in [5.74, 6) is 1.93. The van der Waals surface area contributed by atoms with Crippen molar-refractivity contribution in [3.05, 3.63) is 30.6 Å². The minimum atomic E-state index is 0.608. The number of rotatable bonds is 2. The first-order valence-corrected chi connectivity index (χ1v) is 6.53. The van der Waals surface area contributed by atoms with Gasteiger partial charge in [-0.1, -0.05) is 25.8 Å². The molecule has 2 aromatic heterocycles. The Kier molecular flexibility index (Phi) is 2.75. The van der Waals surface area contributed by atoms with E-state index in [2.05, 4.69) is 33.8 Å². The predicted octanol–water partition coefficient (Wildman–Crippen LogP) is 3.32. The summed E-state index contributed by atoms with van der Waals surface area (Å²) in [5.41, 5.74) is 1.01. The molecule has 2 aromatic rings. The maximum Gasteiger partial charge on any atom is 0.138 e. The Bertz CT molecular complexity index is 503. The van der Waals surface area contributed by atoms with E-state index in [9.17, 15) is 0 Å². The Labute approximate surface area is 102 Å². The number of hydrogen-bond acceptors (Lipinski definition) is 2. The van der Waals surface area contributed by atoms with Crippen molar-refractivity contribution in [1.29, 1.82) is 0 Å². The SMILES string of the molecule is CC1CCCCC1Nc1cccc2nccn12. The number of fused-ring (bicyclic) bond motifs is 1. The van der Waals surface area contributed by atoms with Crippen molar-refractivity contribution < 1.29 is 0 Å². The first kappa shape index (κ1) is 10.6. The van der Waals surface area contributed by atoms with Crippen LogP contribution in [0, 0.1) is 5.92 Å². The number of anilines is 1. The molecule has 2 heterocycles. The van der Waals surface area contributed by atoms with Crippen LogP contribution in [0.4, 0.5) is 5.82 Å². The van der Waals surface area contributed by atoms with Crippen molar-refractivity contribution in [2.24, 2.45) is 5.92 Å². The molecule has 17 heavy (non-hydrogen) atoms. The predicted molar refractivity (Wildman–Crippen MR) is 70.2 cm³/mol. The maximum absolute atomic E-state index is 4.31. The van der Waals surface area contributed by atoms with Gasteiger partial charge in [-0.05, 0) is 30.9 Å². The van der Waals surface area contributed by atoms with E-state index in [4.69, 9.17) is 0 Å². The average Bonchev–Trinajstić information content (AvgIpc) is 2.81. The third-order valence-corrected chi connectivity index (χ3v) is 3.87. The summed E-state index contributed by atoms with van der Waals surface area (Å²) in [6.07, 6.45) is 9.23. The molecule has 1 fully saturated rings. The van der Waals surface area contributed by atoms with Crippen LogP contribution in [0.5, 0.6) is 0 Å². The minimum absolute atomic E-state index is 0.608. The standard InChI is InChI=1S/C14H19N3/c1-11-5-2-3-6-12(11)16-14-8-4-7-13-15-9-10-17(13)14/h4,7-12,16H,2-3,5-6H2,1H3. The third kappa shape index (κ3) is 2.02. The van der Waals surface area contributed by atoms with Gasteiger partial charge in [0.25, 0.3) is 0 Å². The highest BCUT2D eigenvalue weighted by molar-refractivity contribution is 5.50. The van der Waals surface area contributed by atoms with E-state index in [-0.39, 0.29) is 0 Å². The zero-order valence-corrected chi connectivity index (χ0v) is 10.3. The second-order valence-electron chi connectivity index (χ2n) is 5.08. The Hall–Kier alpha value is -1.51. The zero-order valence-electron chi connectivity index (χ0n) is 10.3. The molecule has 2 unspecified atom stereocenters. The molecule has 1 N–H and O–H groups in total. The van der Waals surface area contributed by atoms with Gasteiger partial charge in [0.1, 0.15) is 11.5 Å². The van der Waals surface area contributed by atoms with E-state index in [0.29, 0.717) is 6.04 Å². The van der Waals surface area contributed by atoms with Crippen molar-refractivity contribution in [2.75, 3.05) is 5.32 Å². The third-order valence-electron chi connectivity index (χ3n) is 3.87. The molecule has 3 nitrogen and oxygen atoms in total. The van der Waals surface area contributed by atoms with Crippen molar-refractivity contribution in [3.63, 3.8) is 0 Å². The Morgan fingerprint density at radius 3 is 3.06 bits per heavy atom. The summed E-state index contributed by atoms with van der Waals surface area (Å²) in [6.45, 7) is 2.35. The molecule has 0 spiro atoms. The molecule has 0 radical (unpaired) electrons. The number of nitrogens with one attached hydrogen (secondary N) is 1. The number of hydrogen-bond donors (Lipinski definition) is 1. The van der Waals surface area contributed by atoms with Crippen LogP contribution in [0.25, 0.3) is 5.65 Å². The van der Waals surface area contributed by atoms with Crippen LogP contribution in [0.15, 0.2) is 30.6 Å². The van der Waals surface area contributed by atoms with Gasteiger partial charge in [-0.25, -0.2) is 4.98 Å². The molecule has 0 saturated heterocycles. The molecule has 1 saturated carbocycles. The van der Waals surface area contributed by atoms with E-state index in [1.807, 2.05) is 18.5 Å². The van der Waals surface area contributed by atoms with Gasteiger partial charge in [0.05, 0.1) is 0 Å². The lowest BCUT2D eigenvalue weighted by atomic mass is 9.86. The second kappa shape index (κ2) is 4.40. The van der Waals surface area contributed by atoms with Gasteiger partial charge in [0.2, 0.25) is 0 Å². The van der Waals surface area contributed by atoms with Crippen molar-refractivity contribution >= 4 is 11.5 Å². The van der Waals surface area contributed by atoms with Crippen LogP contribution in [0.1, 0.15) is 32.6 Å². The van der Waals surface area contributed by atoms with Gasteiger partial charge in [0.15, 0.2) is 0 Å². The molecule has 90 valence electrons. The molecule has 0 aliphatic heterocycles. The van der Waals surface area contributed by atoms with Crippen molar-refractivity contribution in [3.8, 4) is 0 Å². The molecule has 3 rings (SSSR count). The monoisotopic (exact) mass is 229 g/mol. The molecule has 0 amide bonds. The summed E-state index contributed by atoms with van der Waals surface area (Å²) in [4.78, 5) is 4.31. The summed E-state index contributed by atoms with van der Waals surface area (Å²) in [7, 11) is 0. The van der Waals surface area contributed by atoms with E-state index in [1.54, 1.807) is 0 Å². The number of pyridine rings is 1. The van der Waals surface area contributed by atoms with Crippen LogP contribution in [-0.4, -0.2) is 15.4 Å². The van der Waals surface area contributed by atoms with E-state index < -0.39 is 0 Å². The Morgan fingerprint density at radius 2 is 2.18 bits per heavy atom. The fourth-order valence-electron chi connectivity index (χ4n) is 2.79. The molecule has 1 aliphatic rings. The highest BCUT2D eigenvalue weighted by atomic mass is 15.1. The topological polar surface area (TPSA) is 29.3 Å². The molecule has 1 aliphatic carbocycles. The Balaban J connectivity index is 1.86. The fourth-order valence-corrected chi connectivity index (χ4v) is 2.79. The van der Waals surface area contributed by atoms with Gasteiger partial charge in [-0.3, -0.25) is 4.40 Å². The summed E-state index contributed by atoms with van der Waals surface area (Å²) >= 11 is 0. The summed E-state index contributed by atoms with van der Waals surface area (Å²) in [5, 5.41) is 3.68. The van der Waals surface area contributed by atoms with Gasteiger partial charge >= 0.3 is 0 Å². The smallest absolute Gasteiger partial charge is 0.138 e. The van der Waals surface area contributed by atoms with Crippen LogP contribution >= 0.6 is 0 Å². The van der Waals surface area contributed by atoms with E-state index >= 15 is 0 Å². The van der Waals surface area contributed by atoms with Gasteiger partial charge in [-0.15, -0.1) is 0 Å². The Morgan fingerprint density at radius 1 is 1.29 bits per heavy atom. The van der Waals surface area contributed by atoms with Gasteiger partial charge in [0, 0.05) is 18.4 Å². The van der Waals surface area contributed by atoms with Crippen LogP contribution in [0.3, 0.4) is 0 Å². The molecule has 3 heteroatoms. The van der Waals surface area contributed by atoms with E-state index in [0.717, 1.165) is 11.6 Å². The molecule has 2 atom stereocenters. The summed E-state index contributed by atoms with van der Waals surface area (Å²) < 4.78 is 2.13. The van der Waals surface area contributed by atoms with Gasteiger partial charge in [-0.2, -0.15) is 0 Å². The first-order chi connectivity index (χ1) is 8.34. The largest absolute Gasteiger partial charge is 0.368 e. The van der Waals surface area contributed by atoms with Gasteiger partial charge < -0.3 is 5.32 Å². The lowest BCUT2D eigenvalue weighted by Gasteiger charge is -2.30. The molecule has 0 aromatic carbocycles. The second-order valence-corrected chi connectivity index (χ2v) is 5.08. The summed E-state index contributed by atoms with van der Waals surface area (Å²) in [6, 6.07) is 6.85. The first-order valence-electron chi connectivity index (χ1n) is 6.53. The highest BCUT2D eigenvalue weighted by Crippen LogP contribution is 2.26. The normalized spacial score (nSPS) is 25.0. The van der Waals surface area contributed by atoms with Crippen LogP contribution in [0.2, 0.25) is 0 Å². The lowest BCUT2D eigenvalue weighted by Crippen LogP contribution is -2.30.